The van der Waals surface area contributed by atoms with E-state index in [0.29, 0.717) is 0 Å². The second-order valence-electron chi connectivity index (χ2n) is 2.85. The topological polar surface area (TPSA) is 141 Å². The molecule has 108 valence electrons. The van der Waals surface area contributed by atoms with Crippen molar-refractivity contribution in [3.63, 3.8) is 0 Å². The van der Waals surface area contributed by atoms with Crippen molar-refractivity contribution in [1.29, 1.82) is 0 Å². The molecule has 0 saturated carbocycles. The summed E-state index contributed by atoms with van der Waals surface area (Å²) in [5, 5.41) is 38.9. The summed E-state index contributed by atoms with van der Waals surface area (Å²) in [5.41, 5.74) is -2.97. The number of carbonyl (C=O) groups excluding carboxylic acids is 3. The maximum atomic E-state index is 10.1. The van der Waals surface area contributed by atoms with E-state index >= 15 is 0 Å². The zero-order valence-corrected chi connectivity index (χ0v) is 18.1. The Balaban J connectivity index is -0.000000366. The summed E-state index contributed by atoms with van der Waals surface area (Å²) >= 11 is -3.29. The van der Waals surface area contributed by atoms with Crippen LogP contribution in [0.15, 0.2) is 0 Å². The number of halogens is 4. The Morgan fingerprint density at radius 1 is 0.947 bits per heavy atom. The van der Waals surface area contributed by atoms with Gasteiger partial charge in [-0.1, -0.05) is 0 Å². The average molecular weight is 659 g/mol. The molecule has 2 radical (unpaired) electrons. The van der Waals surface area contributed by atoms with E-state index in [1.54, 1.807) is 0 Å². The average Bonchev–Trinajstić information content (AvgIpc) is 1.95. The van der Waals surface area contributed by atoms with Crippen LogP contribution in [0.5, 0.6) is 0 Å². The van der Waals surface area contributed by atoms with E-state index in [2.05, 4.69) is 0 Å². The molecule has 0 aliphatic heterocycles. The molecule has 0 heterocycles. The predicted octanol–water partition coefficient (Wildman–Crippen LogP) is -3.26. The fourth-order valence-electron chi connectivity index (χ4n) is 0.684. The molecule has 0 rings (SSSR count). The molecule has 0 aromatic carbocycles. The zero-order valence-electron chi connectivity index (χ0n) is 8.77. The van der Waals surface area contributed by atoms with Gasteiger partial charge in [0.05, 0.1) is 5.97 Å². The summed E-state index contributed by atoms with van der Waals surface area (Å²) in [5.74, 6) is -5.98. The summed E-state index contributed by atoms with van der Waals surface area (Å²) in [6, 6.07) is 0. The molecule has 0 aromatic heterocycles. The SMILES string of the molecule is O=C([O-])CC(O)(CC(=O)[O-])C(=O)[O-].[Bi+3].[Cl][Sn]([Cl])([Cl])[Cl]. The Bertz CT molecular complexity index is 312. The minimum absolute atomic E-state index is 0. The van der Waals surface area contributed by atoms with Crippen LogP contribution < -0.4 is 15.3 Å². The first-order valence-electron chi connectivity index (χ1n) is 3.87. The Hall–Kier alpha value is 1.21. The molecule has 0 bridgehead atoms. The normalized spacial score (nSPS) is 10.6. The van der Waals surface area contributed by atoms with Crippen molar-refractivity contribution in [3.05, 3.63) is 0 Å². The fraction of sp³-hybridized carbons (Fsp3) is 0.500. The third-order valence-corrected chi connectivity index (χ3v) is 1.25. The van der Waals surface area contributed by atoms with Gasteiger partial charge in [0.1, 0.15) is 5.60 Å². The van der Waals surface area contributed by atoms with Gasteiger partial charge in [-0.05, 0) is 0 Å². The Morgan fingerprint density at radius 3 is 1.26 bits per heavy atom. The van der Waals surface area contributed by atoms with Gasteiger partial charge in [0.25, 0.3) is 0 Å². The molecule has 13 heteroatoms. The van der Waals surface area contributed by atoms with Crippen LogP contribution in [0.1, 0.15) is 12.8 Å². The first-order chi connectivity index (χ1) is 7.78. The molecule has 0 spiro atoms. The van der Waals surface area contributed by atoms with Crippen LogP contribution in [0.25, 0.3) is 0 Å². The predicted molar refractivity (Wildman–Crippen MR) is 64.1 cm³/mol. The summed E-state index contributed by atoms with van der Waals surface area (Å²) in [4.78, 5) is 30.0. The Kier molecular flexibility index (Phi) is 14.4. The molecular weight excluding hydrogens is 654 g/mol. The molecule has 0 saturated heterocycles. The van der Waals surface area contributed by atoms with Gasteiger partial charge in [-0.15, -0.1) is 0 Å². The fourth-order valence-corrected chi connectivity index (χ4v) is 0.684. The molecule has 0 unspecified atom stereocenters. The number of aliphatic carboxylic acids is 3. The number of hydrogen-bond donors (Lipinski definition) is 1. The van der Waals surface area contributed by atoms with Gasteiger partial charge in [-0.25, -0.2) is 0 Å². The zero-order chi connectivity index (χ0) is 15.1. The van der Waals surface area contributed by atoms with E-state index in [9.17, 15) is 29.7 Å². The molecule has 0 atom stereocenters. The summed E-state index contributed by atoms with van der Waals surface area (Å²) in [7, 11) is 20.1. The van der Waals surface area contributed by atoms with Crippen LogP contribution >= 0.6 is 35.7 Å². The molecular formula is C6H5BiCl4O7Sn. The number of carboxylic acid groups (broad SMARTS) is 3. The number of hydrogen-bond acceptors (Lipinski definition) is 7. The Morgan fingerprint density at radius 2 is 1.16 bits per heavy atom. The van der Waals surface area contributed by atoms with E-state index < -0.39 is 50.2 Å². The third-order valence-electron chi connectivity index (χ3n) is 1.25. The van der Waals surface area contributed by atoms with Crippen molar-refractivity contribution >= 4 is 93.7 Å². The third kappa shape index (κ3) is 19.2. The van der Waals surface area contributed by atoms with E-state index in [-0.39, 0.29) is 26.2 Å². The van der Waals surface area contributed by atoms with E-state index in [4.69, 9.17) is 40.8 Å². The van der Waals surface area contributed by atoms with Crippen molar-refractivity contribution in [2.45, 2.75) is 18.4 Å². The van der Waals surface area contributed by atoms with Gasteiger partial charge in [0, 0.05) is 24.8 Å². The summed E-state index contributed by atoms with van der Waals surface area (Å²) < 4.78 is 0. The van der Waals surface area contributed by atoms with Crippen molar-refractivity contribution < 1.29 is 34.8 Å². The van der Waals surface area contributed by atoms with Crippen molar-refractivity contribution in [2.24, 2.45) is 0 Å². The second-order valence-corrected chi connectivity index (χ2v) is 28.3. The molecule has 0 amide bonds. The molecule has 0 fully saturated rings. The number of carbonyl (C=O) groups is 3. The summed E-state index contributed by atoms with van der Waals surface area (Å²) in [6.45, 7) is 0. The van der Waals surface area contributed by atoms with Crippen LogP contribution in [0.4, 0.5) is 0 Å². The molecule has 1 N–H and O–H groups in total. The van der Waals surface area contributed by atoms with Gasteiger partial charge in [0.2, 0.25) is 0 Å². The summed E-state index contributed by atoms with van der Waals surface area (Å²) in [6.07, 6.45) is -2.72. The maximum absolute atomic E-state index is 10.1. The second kappa shape index (κ2) is 10.9. The van der Waals surface area contributed by atoms with Crippen LogP contribution in [0.2, 0.25) is 0 Å². The number of aliphatic hydroxyl groups is 1. The van der Waals surface area contributed by atoms with Crippen molar-refractivity contribution in [2.75, 3.05) is 0 Å². The van der Waals surface area contributed by atoms with Gasteiger partial charge in [0.15, 0.2) is 0 Å². The van der Waals surface area contributed by atoms with Crippen molar-refractivity contribution in [1.82, 2.24) is 0 Å². The molecule has 0 aromatic rings. The van der Waals surface area contributed by atoms with Gasteiger partial charge < -0.3 is 34.8 Å². The Labute approximate surface area is 145 Å². The molecule has 0 aliphatic carbocycles. The van der Waals surface area contributed by atoms with Gasteiger partial charge in [-0.3, -0.25) is 0 Å². The van der Waals surface area contributed by atoms with Gasteiger partial charge >= 0.3 is 75.8 Å². The van der Waals surface area contributed by atoms with Crippen molar-refractivity contribution in [3.8, 4) is 0 Å². The van der Waals surface area contributed by atoms with Gasteiger partial charge in [-0.2, -0.15) is 0 Å². The quantitative estimate of drug-likeness (QED) is 0.306. The molecule has 0 aliphatic rings. The van der Waals surface area contributed by atoms with Crippen LogP contribution in [-0.4, -0.2) is 68.7 Å². The first-order valence-corrected chi connectivity index (χ1v) is 18.3. The number of carboxylic acids is 3. The van der Waals surface area contributed by atoms with Crippen LogP contribution in [0, 0.1) is 0 Å². The van der Waals surface area contributed by atoms with E-state index in [1.807, 2.05) is 0 Å². The van der Waals surface area contributed by atoms with Crippen LogP contribution in [-0.2, 0) is 14.4 Å². The molecule has 19 heavy (non-hydrogen) atoms. The van der Waals surface area contributed by atoms with Crippen LogP contribution in [0.3, 0.4) is 0 Å². The van der Waals surface area contributed by atoms with E-state index in [1.165, 1.54) is 0 Å². The standard InChI is InChI=1S/C6H8O7.Bi.4ClH.Sn/c7-3(8)1-6(13,5(11)12)2-4(9)10;;;;;;/h13H,1-2H2,(H,7,8)(H,9,10)(H,11,12);;4*1H;/q;+3;;;;;+4/p-7. The number of rotatable bonds is 5. The monoisotopic (exact) mass is 658 g/mol. The molecule has 7 nitrogen and oxygen atoms in total. The van der Waals surface area contributed by atoms with E-state index in [0.717, 1.165) is 0 Å². The first kappa shape index (κ1) is 25.2. The minimum atomic E-state index is -3.29.